The standard InChI is InChI=1S/C12H19N3O3.ClH/c1-2-3-6-11-13-10(14-18-11)8-15-7-4-5-9(15)12(16)17;/h9H,2-8H2,1H3,(H,16,17);1H/t9-;/m0./s1. The van der Waals surface area contributed by atoms with Crippen LogP contribution in [0.15, 0.2) is 4.52 Å². The molecule has 0 amide bonds. The Kier molecular flexibility index (Phi) is 6.24. The number of hydrogen-bond donors (Lipinski definition) is 1. The van der Waals surface area contributed by atoms with E-state index in [-0.39, 0.29) is 12.4 Å². The molecule has 1 aromatic rings. The fraction of sp³-hybridized carbons (Fsp3) is 0.750. The monoisotopic (exact) mass is 289 g/mol. The molecule has 1 N–H and O–H groups in total. The van der Waals surface area contributed by atoms with Crippen LogP contribution in [0.25, 0.3) is 0 Å². The minimum absolute atomic E-state index is 0. The molecule has 108 valence electrons. The van der Waals surface area contributed by atoms with Gasteiger partial charge in [0.1, 0.15) is 6.04 Å². The third-order valence-corrected chi connectivity index (χ3v) is 3.25. The fourth-order valence-electron chi connectivity index (χ4n) is 2.26. The molecule has 7 heteroatoms. The van der Waals surface area contributed by atoms with Gasteiger partial charge in [-0.25, -0.2) is 0 Å². The molecular formula is C12H20ClN3O3. The van der Waals surface area contributed by atoms with Crippen molar-refractivity contribution in [1.29, 1.82) is 0 Å². The van der Waals surface area contributed by atoms with Gasteiger partial charge in [0.25, 0.3) is 0 Å². The van der Waals surface area contributed by atoms with Gasteiger partial charge in [0.15, 0.2) is 5.82 Å². The van der Waals surface area contributed by atoms with Gasteiger partial charge in [-0.05, 0) is 25.8 Å². The van der Waals surface area contributed by atoms with Crippen LogP contribution in [0.3, 0.4) is 0 Å². The number of aryl methyl sites for hydroxylation is 1. The van der Waals surface area contributed by atoms with Gasteiger partial charge < -0.3 is 9.63 Å². The van der Waals surface area contributed by atoms with Gasteiger partial charge in [0.2, 0.25) is 5.89 Å². The van der Waals surface area contributed by atoms with Crippen LogP contribution in [0.4, 0.5) is 0 Å². The molecule has 1 aromatic heterocycles. The van der Waals surface area contributed by atoms with E-state index in [1.54, 1.807) is 0 Å². The van der Waals surface area contributed by atoms with Gasteiger partial charge in [-0.1, -0.05) is 18.5 Å². The Morgan fingerprint density at radius 3 is 3.05 bits per heavy atom. The van der Waals surface area contributed by atoms with Crippen molar-refractivity contribution in [2.45, 2.75) is 51.6 Å². The van der Waals surface area contributed by atoms with Gasteiger partial charge in [-0.15, -0.1) is 12.4 Å². The summed E-state index contributed by atoms with van der Waals surface area (Å²) in [6.45, 7) is 3.36. The molecular weight excluding hydrogens is 270 g/mol. The van der Waals surface area contributed by atoms with Crippen molar-refractivity contribution < 1.29 is 14.4 Å². The number of rotatable bonds is 6. The van der Waals surface area contributed by atoms with Crippen molar-refractivity contribution in [2.24, 2.45) is 0 Å². The molecule has 0 aromatic carbocycles. The Balaban J connectivity index is 0.00000180. The third kappa shape index (κ3) is 4.18. The van der Waals surface area contributed by atoms with E-state index in [2.05, 4.69) is 17.1 Å². The number of carboxylic acid groups (broad SMARTS) is 1. The lowest BCUT2D eigenvalue weighted by molar-refractivity contribution is -0.142. The largest absolute Gasteiger partial charge is 0.480 e. The Morgan fingerprint density at radius 1 is 1.58 bits per heavy atom. The minimum atomic E-state index is -0.762. The van der Waals surface area contributed by atoms with Crippen LogP contribution in [0, 0.1) is 0 Å². The first kappa shape index (κ1) is 15.9. The molecule has 0 radical (unpaired) electrons. The lowest BCUT2D eigenvalue weighted by atomic mass is 10.2. The smallest absolute Gasteiger partial charge is 0.320 e. The van der Waals surface area contributed by atoms with E-state index in [9.17, 15) is 4.79 Å². The molecule has 2 heterocycles. The Labute approximate surface area is 118 Å². The van der Waals surface area contributed by atoms with E-state index in [1.165, 1.54) is 0 Å². The highest BCUT2D eigenvalue weighted by Gasteiger charge is 2.31. The summed E-state index contributed by atoms with van der Waals surface area (Å²) < 4.78 is 5.14. The second-order valence-electron chi connectivity index (χ2n) is 4.67. The first-order valence-electron chi connectivity index (χ1n) is 6.49. The lowest BCUT2D eigenvalue weighted by Crippen LogP contribution is -2.35. The van der Waals surface area contributed by atoms with Crippen LogP contribution >= 0.6 is 12.4 Å². The molecule has 1 saturated heterocycles. The Hall–Kier alpha value is -1.14. The lowest BCUT2D eigenvalue weighted by Gasteiger charge is -2.18. The SMILES string of the molecule is CCCCc1nc(CN2CCC[C@H]2C(=O)O)no1.Cl. The van der Waals surface area contributed by atoms with Crippen molar-refractivity contribution in [1.82, 2.24) is 15.0 Å². The van der Waals surface area contributed by atoms with Crippen LogP contribution in [0.1, 0.15) is 44.3 Å². The second kappa shape index (κ2) is 7.45. The van der Waals surface area contributed by atoms with Crippen molar-refractivity contribution in [3.05, 3.63) is 11.7 Å². The highest BCUT2D eigenvalue weighted by atomic mass is 35.5. The third-order valence-electron chi connectivity index (χ3n) is 3.25. The zero-order chi connectivity index (χ0) is 13.0. The van der Waals surface area contributed by atoms with Gasteiger partial charge >= 0.3 is 5.97 Å². The molecule has 0 bridgehead atoms. The van der Waals surface area contributed by atoms with Gasteiger partial charge in [0, 0.05) is 6.42 Å². The first-order chi connectivity index (χ1) is 8.70. The highest BCUT2D eigenvalue weighted by Crippen LogP contribution is 2.19. The molecule has 0 spiro atoms. The summed E-state index contributed by atoms with van der Waals surface area (Å²) in [5, 5.41) is 13.0. The average molecular weight is 290 g/mol. The number of aliphatic carboxylic acids is 1. The number of unbranched alkanes of at least 4 members (excludes halogenated alkanes) is 1. The molecule has 19 heavy (non-hydrogen) atoms. The summed E-state index contributed by atoms with van der Waals surface area (Å²) in [5.41, 5.74) is 0. The summed E-state index contributed by atoms with van der Waals surface area (Å²) in [7, 11) is 0. The maximum absolute atomic E-state index is 11.0. The molecule has 6 nitrogen and oxygen atoms in total. The topological polar surface area (TPSA) is 79.5 Å². The second-order valence-corrected chi connectivity index (χ2v) is 4.67. The number of carboxylic acids is 1. The average Bonchev–Trinajstić information content (AvgIpc) is 2.96. The van der Waals surface area contributed by atoms with E-state index >= 15 is 0 Å². The van der Waals surface area contributed by atoms with Crippen LogP contribution in [-0.2, 0) is 17.8 Å². The zero-order valence-electron chi connectivity index (χ0n) is 11.0. The summed E-state index contributed by atoms with van der Waals surface area (Å²) in [6.07, 6.45) is 4.53. The summed E-state index contributed by atoms with van der Waals surface area (Å²) in [5.74, 6) is 0.481. The summed E-state index contributed by atoms with van der Waals surface area (Å²) in [6, 6.07) is -0.400. The number of hydrogen-bond acceptors (Lipinski definition) is 5. The van der Waals surface area contributed by atoms with Gasteiger partial charge in [-0.2, -0.15) is 4.98 Å². The molecule has 1 fully saturated rings. The quantitative estimate of drug-likeness (QED) is 0.861. The summed E-state index contributed by atoms with van der Waals surface area (Å²) in [4.78, 5) is 17.2. The van der Waals surface area contributed by atoms with Crippen LogP contribution in [0.5, 0.6) is 0 Å². The van der Waals surface area contributed by atoms with E-state index in [4.69, 9.17) is 9.63 Å². The molecule has 0 saturated carbocycles. The maximum atomic E-state index is 11.0. The molecule has 2 rings (SSSR count). The van der Waals surface area contributed by atoms with Crippen LogP contribution in [-0.4, -0.2) is 38.7 Å². The van der Waals surface area contributed by atoms with Gasteiger partial charge in [0.05, 0.1) is 6.54 Å². The van der Waals surface area contributed by atoms with E-state index in [1.807, 2.05) is 4.90 Å². The van der Waals surface area contributed by atoms with Crippen LogP contribution in [0.2, 0.25) is 0 Å². The predicted molar refractivity (Wildman–Crippen MR) is 71.2 cm³/mol. The van der Waals surface area contributed by atoms with E-state index in [0.29, 0.717) is 24.7 Å². The number of halogens is 1. The molecule has 1 aliphatic rings. The van der Waals surface area contributed by atoms with Crippen molar-refractivity contribution in [3.63, 3.8) is 0 Å². The van der Waals surface area contributed by atoms with E-state index < -0.39 is 12.0 Å². The fourth-order valence-corrected chi connectivity index (χ4v) is 2.26. The minimum Gasteiger partial charge on any atom is -0.480 e. The van der Waals surface area contributed by atoms with Crippen molar-refractivity contribution in [3.8, 4) is 0 Å². The van der Waals surface area contributed by atoms with Crippen molar-refractivity contribution >= 4 is 18.4 Å². The molecule has 1 aliphatic heterocycles. The number of likely N-dealkylation sites (tertiary alicyclic amines) is 1. The van der Waals surface area contributed by atoms with Crippen molar-refractivity contribution in [2.75, 3.05) is 6.54 Å². The zero-order valence-corrected chi connectivity index (χ0v) is 11.9. The van der Waals surface area contributed by atoms with E-state index in [0.717, 1.165) is 32.2 Å². The Morgan fingerprint density at radius 2 is 2.37 bits per heavy atom. The molecule has 0 aliphatic carbocycles. The number of carbonyl (C=O) groups is 1. The molecule has 1 atom stereocenters. The molecule has 0 unspecified atom stereocenters. The number of aromatic nitrogens is 2. The highest BCUT2D eigenvalue weighted by molar-refractivity contribution is 5.85. The van der Waals surface area contributed by atoms with Crippen LogP contribution < -0.4 is 0 Å². The number of nitrogens with zero attached hydrogens (tertiary/aromatic N) is 3. The maximum Gasteiger partial charge on any atom is 0.320 e. The summed E-state index contributed by atoms with van der Waals surface area (Å²) >= 11 is 0. The Bertz CT molecular complexity index is 411. The first-order valence-corrected chi connectivity index (χ1v) is 6.49. The normalized spacial score (nSPS) is 19.3. The predicted octanol–water partition coefficient (Wildman–Crippen LogP) is 1.88. The van der Waals surface area contributed by atoms with Gasteiger partial charge in [-0.3, -0.25) is 9.69 Å².